The van der Waals surface area contributed by atoms with Crippen molar-refractivity contribution in [2.24, 2.45) is 0 Å². The Morgan fingerprint density at radius 3 is 2.38 bits per heavy atom. The molecule has 0 saturated heterocycles. The molecule has 2 atom stereocenters. The SMILES string of the molecule is CCCCOC(CO)C(O)CCC. The van der Waals surface area contributed by atoms with Crippen LogP contribution in [0.15, 0.2) is 0 Å². The Labute approximate surface area is 80.7 Å². The molecule has 0 radical (unpaired) electrons. The minimum absolute atomic E-state index is 0.0924. The highest BCUT2D eigenvalue weighted by Gasteiger charge is 2.17. The molecule has 0 amide bonds. The third-order valence-corrected chi connectivity index (χ3v) is 2.02. The van der Waals surface area contributed by atoms with Crippen molar-refractivity contribution < 1.29 is 14.9 Å². The van der Waals surface area contributed by atoms with Gasteiger partial charge in [-0.3, -0.25) is 0 Å². The van der Waals surface area contributed by atoms with Crippen LogP contribution < -0.4 is 0 Å². The Bertz CT molecular complexity index is 106. The summed E-state index contributed by atoms with van der Waals surface area (Å²) >= 11 is 0. The molecule has 0 bridgehead atoms. The zero-order valence-corrected chi connectivity index (χ0v) is 8.70. The van der Waals surface area contributed by atoms with E-state index < -0.39 is 12.2 Å². The zero-order valence-electron chi connectivity index (χ0n) is 8.70. The Hall–Kier alpha value is -0.120. The molecule has 3 nitrogen and oxygen atoms in total. The van der Waals surface area contributed by atoms with E-state index in [0.717, 1.165) is 19.3 Å². The number of hydrogen-bond donors (Lipinski definition) is 2. The highest BCUT2D eigenvalue weighted by Crippen LogP contribution is 2.06. The van der Waals surface area contributed by atoms with E-state index >= 15 is 0 Å². The lowest BCUT2D eigenvalue weighted by atomic mass is 10.1. The second kappa shape index (κ2) is 8.48. The molecule has 0 aromatic carbocycles. The van der Waals surface area contributed by atoms with Crippen LogP contribution in [0.3, 0.4) is 0 Å². The van der Waals surface area contributed by atoms with Gasteiger partial charge >= 0.3 is 0 Å². The van der Waals surface area contributed by atoms with Crippen molar-refractivity contribution in [1.29, 1.82) is 0 Å². The molecule has 0 heterocycles. The summed E-state index contributed by atoms with van der Waals surface area (Å²) in [5.41, 5.74) is 0. The fraction of sp³-hybridized carbons (Fsp3) is 1.00. The van der Waals surface area contributed by atoms with E-state index in [1.165, 1.54) is 0 Å². The first-order valence-electron chi connectivity index (χ1n) is 5.16. The average molecular weight is 190 g/mol. The molecule has 0 fully saturated rings. The van der Waals surface area contributed by atoms with E-state index in [1.54, 1.807) is 0 Å². The molecule has 0 aromatic heterocycles. The highest BCUT2D eigenvalue weighted by atomic mass is 16.5. The van der Waals surface area contributed by atoms with E-state index in [4.69, 9.17) is 9.84 Å². The lowest BCUT2D eigenvalue weighted by molar-refractivity contribution is -0.0663. The summed E-state index contributed by atoms with van der Waals surface area (Å²) in [7, 11) is 0. The van der Waals surface area contributed by atoms with Crippen LogP contribution in [-0.2, 0) is 4.74 Å². The van der Waals surface area contributed by atoms with Gasteiger partial charge in [0.1, 0.15) is 6.10 Å². The maximum absolute atomic E-state index is 9.52. The van der Waals surface area contributed by atoms with Gasteiger partial charge in [-0.05, 0) is 12.8 Å². The van der Waals surface area contributed by atoms with Gasteiger partial charge in [-0.1, -0.05) is 26.7 Å². The Kier molecular flexibility index (Phi) is 8.40. The molecule has 0 aliphatic rings. The number of ether oxygens (including phenoxy) is 1. The van der Waals surface area contributed by atoms with Gasteiger partial charge in [-0.15, -0.1) is 0 Å². The molecular formula is C10H22O3. The summed E-state index contributed by atoms with van der Waals surface area (Å²) in [6.07, 6.45) is 2.74. The fourth-order valence-electron chi connectivity index (χ4n) is 1.15. The average Bonchev–Trinajstić information content (AvgIpc) is 2.13. The van der Waals surface area contributed by atoms with Crippen LogP contribution in [0.25, 0.3) is 0 Å². The molecule has 0 rings (SSSR count). The van der Waals surface area contributed by atoms with E-state index in [0.29, 0.717) is 13.0 Å². The number of unbranched alkanes of at least 4 members (excludes halogenated alkanes) is 1. The molecule has 0 aliphatic heterocycles. The molecule has 2 unspecified atom stereocenters. The van der Waals surface area contributed by atoms with E-state index in [-0.39, 0.29) is 6.61 Å². The Morgan fingerprint density at radius 1 is 1.23 bits per heavy atom. The van der Waals surface area contributed by atoms with Crippen molar-refractivity contribution in [2.45, 2.75) is 51.7 Å². The first-order valence-corrected chi connectivity index (χ1v) is 5.16. The van der Waals surface area contributed by atoms with Crippen molar-refractivity contribution in [2.75, 3.05) is 13.2 Å². The maximum Gasteiger partial charge on any atom is 0.106 e. The van der Waals surface area contributed by atoms with Gasteiger partial charge in [-0.25, -0.2) is 0 Å². The van der Waals surface area contributed by atoms with E-state index in [2.05, 4.69) is 6.92 Å². The Morgan fingerprint density at radius 2 is 1.92 bits per heavy atom. The standard InChI is InChI=1S/C10H22O3/c1-3-5-7-13-10(8-11)9(12)6-4-2/h9-12H,3-8H2,1-2H3. The number of rotatable bonds is 8. The molecule has 2 N–H and O–H groups in total. The van der Waals surface area contributed by atoms with Gasteiger partial charge in [0, 0.05) is 6.61 Å². The van der Waals surface area contributed by atoms with Crippen LogP contribution in [-0.4, -0.2) is 35.6 Å². The largest absolute Gasteiger partial charge is 0.394 e. The van der Waals surface area contributed by atoms with E-state index in [1.807, 2.05) is 6.92 Å². The molecule has 0 aromatic rings. The maximum atomic E-state index is 9.52. The van der Waals surface area contributed by atoms with Crippen LogP contribution in [0.1, 0.15) is 39.5 Å². The van der Waals surface area contributed by atoms with Gasteiger partial charge in [0.05, 0.1) is 12.7 Å². The highest BCUT2D eigenvalue weighted by molar-refractivity contribution is 4.67. The summed E-state index contributed by atoms with van der Waals surface area (Å²) in [6.45, 7) is 4.62. The molecular weight excluding hydrogens is 168 g/mol. The van der Waals surface area contributed by atoms with Gasteiger partial charge < -0.3 is 14.9 Å². The summed E-state index contributed by atoms with van der Waals surface area (Å²) in [6, 6.07) is 0. The third kappa shape index (κ3) is 6.02. The normalized spacial score (nSPS) is 15.7. The van der Waals surface area contributed by atoms with Crippen LogP contribution in [0, 0.1) is 0 Å². The predicted octanol–water partition coefficient (Wildman–Crippen LogP) is 1.33. The number of aliphatic hydroxyl groups excluding tert-OH is 2. The van der Waals surface area contributed by atoms with Crippen molar-refractivity contribution in [3.05, 3.63) is 0 Å². The molecule has 13 heavy (non-hydrogen) atoms. The van der Waals surface area contributed by atoms with Gasteiger partial charge in [0.2, 0.25) is 0 Å². The molecule has 3 heteroatoms. The van der Waals surface area contributed by atoms with Crippen molar-refractivity contribution >= 4 is 0 Å². The molecule has 80 valence electrons. The summed E-state index contributed by atoms with van der Waals surface area (Å²) in [4.78, 5) is 0. The topological polar surface area (TPSA) is 49.7 Å². The molecule has 0 spiro atoms. The molecule has 0 aliphatic carbocycles. The summed E-state index contributed by atoms with van der Waals surface area (Å²) in [5, 5.41) is 18.5. The summed E-state index contributed by atoms with van der Waals surface area (Å²) in [5.74, 6) is 0. The summed E-state index contributed by atoms with van der Waals surface area (Å²) < 4.78 is 5.35. The second-order valence-electron chi connectivity index (χ2n) is 3.30. The van der Waals surface area contributed by atoms with Crippen LogP contribution in [0.5, 0.6) is 0 Å². The zero-order chi connectivity index (χ0) is 10.1. The lowest BCUT2D eigenvalue weighted by Crippen LogP contribution is -2.32. The van der Waals surface area contributed by atoms with Gasteiger partial charge in [-0.2, -0.15) is 0 Å². The van der Waals surface area contributed by atoms with Gasteiger partial charge in [0.15, 0.2) is 0 Å². The quantitative estimate of drug-likeness (QED) is 0.568. The number of aliphatic hydroxyl groups is 2. The Balaban J connectivity index is 3.60. The smallest absolute Gasteiger partial charge is 0.106 e. The second-order valence-corrected chi connectivity index (χ2v) is 3.30. The van der Waals surface area contributed by atoms with Crippen LogP contribution in [0.4, 0.5) is 0 Å². The minimum atomic E-state index is -0.521. The van der Waals surface area contributed by atoms with Crippen molar-refractivity contribution in [3.8, 4) is 0 Å². The predicted molar refractivity (Wildman–Crippen MR) is 52.6 cm³/mol. The van der Waals surface area contributed by atoms with Crippen LogP contribution >= 0.6 is 0 Å². The first-order chi connectivity index (χ1) is 6.26. The van der Waals surface area contributed by atoms with Gasteiger partial charge in [0.25, 0.3) is 0 Å². The minimum Gasteiger partial charge on any atom is -0.394 e. The third-order valence-electron chi connectivity index (χ3n) is 2.02. The first kappa shape index (κ1) is 12.9. The van der Waals surface area contributed by atoms with E-state index in [9.17, 15) is 5.11 Å². The molecule has 0 saturated carbocycles. The van der Waals surface area contributed by atoms with Crippen LogP contribution in [0.2, 0.25) is 0 Å². The number of hydrogen-bond acceptors (Lipinski definition) is 3. The monoisotopic (exact) mass is 190 g/mol. The fourth-order valence-corrected chi connectivity index (χ4v) is 1.15. The lowest BCUT2D eigenvalue weighted by Gasteiger charge is -2.20. The van der Waals surface area contributed by atoms with Crippen molar-refractivity contribution in [1.82, 2.24) is 0 Å². The van der Waals surface area contributed by atoms with Crippen molar-refractivity contribution in [3.63, 3.8) is 0 Å².